The number of aromatic carboxylic acids is 1. The molecule has 0 aliphatic carbocycles. The molecule has 1 aromatic carbocycles. The Bertz CT molecular complexity index is 575. The summed E-state index contributed by atoms with van der Waals surface area (Å²) in [6.45, 7) is -1.19. The molecule has 0 heterocycles. The van der Waals surface area contributed by atoms with Crippen LogP contribution in [0.15, 0.2) is 24.3 Å². The van der Waals surface area contributed by atoms with Gasteiger partial charge in [0.2, 0.25) is 0 Å². The number of para-hydroxylation sites is 1. The first-order valence-electron chi connectivity index (χ1n) is 6.42. The summed E-state index contributed by atoms with van der Waals surface area (Å²) in [5, 5.41) is 40.5. The Hall–Kier alpha value is -1.52. The molecule has 0 spiro atoms. The number of carboxylic acids is 1. The highest BCUT2D eigenvalue weighted by Gasteiger charge is 2.27. The fourth-order valence-electron chi connectivity index (χ4n) is 1.69. The second kappa shape index (κ2) is 8.37. The second-order valence-electron chi connectivity index (χ2n) is 4.64. The van der Waals surface area contributed by atoms with Gasteiger partial charge in [-0.3, -0.25) is 4.52 Å². The molecule has 11 heteroatoms. The normalized spacial score (nSPS) is 15.7. The Balaban J connectivity index is 2.57. The van der Waals surface area contributed by atoms with E-state index in [0.717, 1.165) is 0 Å². The highest BCUT2D eigenvalue weighted by atomic mass is 31.2. The van der Waals surface area contributed by atoms with Crippen LogP contribution in [0.2, 0.25) is 0 Å². The van der Waals surface area contributed by atoms with Crippen molar-refractivity contribution in [2.45, 2.75) is 18.3 Å². The van der Waals surface area contributed by atoms with Gasteiger partial charge in [-0.05, 0) is 12.1 Å². The van der Waals surface area contributed by atoms with E-state index in [2.05, 4.69) is 9.84 Å². The van der Waals surface area contributed by atoms with Crippen LogP contribution >= 0.6 is 7.82 Å². The Morgan fingerprint density at radius 3 is 2.35 bits per heavy atom. The molecule has 10 nitrogen and oxygen atoms in total. The van der Waals surface area contributed by atoms with Gasteiger partial charge < -0.3 is 35.5 Å². The number of phosphoric ester groups is 1. The number of aliphatic hydroxyl groups is 3. The van der Waals surface area contributed by atoms with Crippen LogP contribution < -0.4 is 5.32 Å². The average Bonchev–Trinajstić information content (AvgIpc) is 2.48. The standard InChI is InChI=1S/C12H18NO9P/c14-9(11(16)10(15)6-22-23(19,20)21)5-13-8-4-2-1-3-7(8)12(17)18/h1-4,9-11,13-16H,5-6H2,(H,17,18)(H2,19,20,21)/t9-,10-,11+/m1/s1. The maximum atomic E-state index is 11.0. The van der Waals surface area contributed by atoms with E-state index in [1.165, 1.54) is 18.2 Å². The van der Waals surface area contributed by atoms with Crippen molar-refractivity contribution in [1.29, 1.82) is 0 Å². The van der Waals surface area contributed by atoms with Crippen molar-refractivity contribution >= 4 is 19.5 Å². The molecule has 0 amide bonds. The summed E-state index contributed by atoms with van der Waals surface area (Å²) in [7, 11) is -4.80. The number of rotatable bonds is 9. The SMILES string of the molecule is O=C(O)c1ccccc1NC[C@@H](O)[C@H](O)[C@H](O)COP(=O)(O)O. The van der Waals surface area contributed by atoms with E-state index in [0.29, 0.717) is 0 Å². The number of nitrogens with one attached hydrogen (secondary N) is 1. The molecular weight excluding hydrogens is 333 g/mol. The van der Waals surface area contributed by atoms with E-state index in [1.54, 1.807) is 6.07 Å². The van der Waals surface area contributed by atoms with Crippen LogP contribution in [0.1, 0.15) is 10.4 Å². The minimum Gasteiger partial charge on any atom is -0.478 e. The van der Waals surface area contributed by atoms with Crippen LogP contribution in [-0.4, -0.2) is 67.6 Å². The summed E-state index contributed by atoms with van der Waals surface area (Å²) in [6, 6.07) is 5.88. The lowest BCUT2D eigenvalue weighted by Crippen LogP contribution is -2.43. The molecule has 0 saturated heterocycles. The fraction of sp³-hybridized carbons (Fsp3) is 0.417. The summed E-state index contributed by atoms with van der Waals surface area (Å²) in [5.74, 6) is -1.18. The van der Waals surface area contributed by atoms with Crippen LogP contribution in [0.25, 0.3) is 0 Å². The van der Waals surface area contributed by atoms with Gasteiger partial charge in [-0.25, -0.2) is 9.36 Å². The Kier molecular flexibility index (Phi) is 7.10. The largest absolute Gasteiger partial charge is 0.478 e. The van der Waals surface area contributed by atoms with E-state index in [9.17, 15) is 24.7 Å². The van der Waals surface area contributed by atoms with E-state index < -0.39 is 38.7 Å². The van der Waals surface area contributed by atoms with Crippen LogP contribution in [0.4, 0.5) is 5.69 Å². The number of carboxylic acid groups (broad SMARTS) is 1. The van der Waals surface area contributed by atoms with Crippen LogP contribution in [0.5, 0.6) is 0 Å². The summed E-state index contributed by atoms with van der Waals surface area (Å²) >= 11 is 0. The zero-order chi connectivity index (χ0) is 17.6. The van der Waals surface area contributed by atoms with E-state index in [4.69, 9.17) is 14.9 Å². The van der Waals surface area contributed by atoms with Gasteiger partial charge in [0.05, 0.1) is 18.3 Å². The molecule has 23 heavy (non-hydrogen) atoms. The first-order valence-corrected chi connectivity index (χ1v) is 7.95. The van der Waals surface area contributed by atoms with E-state index >= 15 is 0 Å². The molecule has 130 valence electrons. The van der Waals surface area contributed by atoms with Crippen molar-refractivity contribution in [3.63, 3.8) is 0 Å². The lowest BCUT2D eigenvalue weighted by Gasteiger charge is -2.23. The van der Waals surface area contributed by atoms with Gasteiger partial charge >= 0.3 is 13.8 Å². The summed E-state index contributed by atoms with van der Waals surface area (Å²) in [5.41, 5.74) is 0.159. The topological polar surface area (TPSA) is 177 Å². The van der Waals surface area contributed by atoms with Crippen molar-refractivity contribution < 1.29 is 44.1 Å². The molecule has 1 aromatic rings. The second-order valence-corrected chi connectivity index (χ2v) is 5.88. The minimum atomic E-state index is -4.80. The quantitative estimate of drug-likeness (QED) is 0.273. The maximum Gasteiger partial charge on any atom is 0.469 e. The lowest BCUT2D eigenvalue weighted by molar-refractivity contribution is -0.0705. The monoisotopic (exact) mass is 351 g/mol. The fourth-order valence-corrected chi connectivity index (χ4v) is 2.03. The predicted molar refractivity (Wildman–Crippen MR) is 77.9 cm³/mol. The van der Waals surface area contributed by atoms with Gasteiger partial charge in [-0.2, -0.15) is 0 Å². The summed E-state index contributed by atoms with van der Waals surface area (Å²) in [6.07, 6.45) is -5.03. The van der Waals surface area contributed by atoms with Gasteiger partial charge in [0, 0.05) is 12.2 Å². The van der Waals surface area contributed by atoms with Crippen LogP contribution in [0.3, 0.4) is 0 Å². The van der Waals surface area contributed by atoms with Crippen molar-refractivity contribution in [3.8, 4) is 0 Å². The number of hydrogen-bond acceptors (Lipinski definition) is 7. The van der Waals surface area contributed by atoms with Crippen molar-refractivity contribution in [2.75, 3.05) is 18.5 Å². The van der Waals surface area contributed by atoms with E-state index in [-0.39, 0.29) is 17.8 Å². The van der Waals surface area contributed by atoms with Gasteiger partial charge in [0.25, 0.3) is 0 Å². The third kappa shape index (κ3) is 6.63. The number of benzene rings is 1. The summed E-state index contributed by atoms with van der Waals surface area (Å²) in [4.78, 5) is 28.0. The molecule has 1 rings (SSSR count). The Labute approximate surface area is 131 Å². The molecule has 0 aliphatic heterocycles. The number of aliphatic hydroxyl groups excluding tert-OH is 3. The molecule has 7 N–H and O–H groups in total. The highest BCUT2D eigenvalue weighted by Crippen LogP contribution is 2.35. The first-order chi connectivity index (χ1) is 10.6. The van der Waals surface area contributed by atoms with Crippen LogP contribution in [0, 0.1) is 0 Å². The lowest BCUT2D eigenvalue weighted by atomic mass is 10.1. The summed E-state index contributed by atoms with van der Waals surface area (Å²) < 4.78 is 14.5. The first kappa shape index (κ1) is 19.5. The molecule has 0 saturated carbocycles. The molecule has 0 bridgehead atoms. The minimum absolute atomic E-state index is 0.0421. The highest BCUT2D eigenvalue weighted by molar-refractivity contribution is 7.46. The van der Waals surface area contributed by atoms with Gasteiger partial charge in [-0.15, -0.1) is 0 Å². The zero-order valence-electron chi connectivity index (χ0n) is 11.8. The van der Waals surface area contributed by atoms with Crippen LogP contribution in [-0.2, 0) is 9.09 Å². The van der Waals surface area contributed by atoms with Gasteiger partial charge in [0.1, 0.15) is 12.2 Å². The Morgan fingerprint density at radius 2 is 1.78 bits per heavy atom. The molecule has 0 aromatic heterocycles. The molecule has 0 radical (unpaired) electrons. The zero-order valence-corrected chi connectivity index (χ0v) is 12.7. The smallest absolute Gasteiger partial charge is 0.469 e. The molecule has 0 aliphatic rings. The third-order valence-corrected chi connectivity index (χ3v) is 3.35. The molecule has 3 atom stereocenters. The maximum absolute atomic E-state index is 11.0. The Morgan fingerprint density at radius 1 is 1.17 bits per heavy atom. The number of carbonyl (C=O) groups is 1. The van der Waals surface area contributed by atoms with Gasteiger partial charge in [0.15, 0.2) is 0 Å². The average molecular weight is 351 g/mol. The van der Waals surface area contributed by atoms with E-state index in [1.807, 2.05) is 0 Å². The molecule has 0 fully saturated rings. The van der Waals surface area contributed by atoms with Crippen molar-refractivity contribution in [1.82, 2.24) is 0 Å². The predicted octanol–water partition coefficient (Wildman–Crippen LogP) is -1.01. The number of phosphoric acid groups is 1. The third-order valence-electron chi connectivity index (χ3n) is 2.86. The van der Waals surface area contributed by atoms with Gasteiger partial charge in [-0.1, -0.05) is 12.1 Å². The van der Waals surface area contributed by atoms with Crippen molar-refractivity contribution in [2.24, 2.45) is 0 Å². The molecular formula is C12H18NO9P. The number of anilines is 1. The number of hydrogen-bond donors (Lipinski definition) is 7. The van der Waals surface area contributed by atoms with Crippen molar-refractivity contribution in [3.05, 3.63) is 29.8 Å². The molecule has 0 unspecified atom stereocenters.